The molecular formula is C32H46O10. The number of carbonyl (C=O) groups is 2. The summed E-state index contributed by atoms with van der Waals surface area (Å²) in [6, 6.07) is 14.0. The number of ether oxygens (including phenoxy) is 6. The van der Waals surface area contributed by atoms with Crippen molar-refractivity contribution < 1.29 is 48.2 Å². The molecule has 0 spiro atoms. The van der Waals surface area contributed by atoms with E-state index >= 15 is 0 Å². The van der Waals surface area contributed by atoms with E-state index < -0.39 is 11.2 Å². The molecule has 10 nitrogen and oxygen atoms in total. The smallest absolute Gasteiger partial charge is 0.193 e. The molecule has 234 valence electrons. The number of hydrogen-bond acceptors (Lipinski definition) is 10. The maximum atomic E-state index is 12.0. The molecule has 0 aliphatic rings. The van der Waals surface area contributed by atoms with Crippen LogP contribution in [-0.4, -0.2) is 99.1 Å². The second-order valence-electron chi connectivity index (χ2n) is 10.7. The highest BCUT2D eigenvalue weighted by atomic mass is 16.6. The van der Waals surface area contributed by atoms with Crippen LogP contribution in [0.15, 0.2) is 48.5 Å². The zero-order valence-corrected chi connectivity index (χ0v) is 25.3. The van der Waals surface area contributed by atoms with Crippen molar-refractivity contribution >= 4 is 11.6 Å². The molecule has 0 amide bonds. The highest BCUT2D eigenvalue weighted by molar-refractivity contribution is 6.02. The maximum Gasteiger partial charge on any atom is 0.193 e. The molecule has 2 N–H and O–H groups in total. The highest BCUT2D eigenvalue weighted by Gasteiger charge is 2.25. The summed E-state index contributed by atoms with van der Waals surface area (Å²) >= 11 is 0. The highest BCUT2D eigenvalue weighted by Crippen LogP contribution is 2.15. The summed E-state index contributed by atoms with van der Waals surface area (Å²) in [5.74, 6) is -0.629. The molecular weight excluding hydrogens is 544 g/mol. The van der Waals surface area contributed by atoms with E-state index in [1.54, 1.807) is 24.3 Å². The molecule has 2 aromatic carbocycles. The van der Waals surface area contributed by atoms with Crippen LogP contribution < -0.4 is 0 Å². The van der Waals surface area contributed by atoms with Gasteiger partial charge in [0, 0.05) is 11.1 Å². The monoisotopic (exact) mass is 590 g/mol. The number of Topliss-reactive ketones (excluding diaryl/α,β-unsaturated/α-hetero) is 2. The third kappa shape index (κ3) is 14.6. The maximum absolute atomic E-state index is 12.0. The molecule has 0 saturated carbocycles. The summed E-state index contributed by atoms with van der Waals surface area (Å²) in [4.78, 5) is 24.1. The van der Waals surface area contributed by atoms with Gasteiger partial charge in [0.1, 0.15) is 11.2 Å². The van der Waals surface area contributed by atoms with Gasteiger partial charge in [-0.15, -0.1) is 0 Å². The molecule has 2 rings (SSSR count). The minimum absolute atomic E-state index is 0.314. The molecule has 0 bridgehead atoms. The van der Waals surface area contributed by atoms with Gasteiger partial charge in [0.25, 0.3) is 0 Å². The van der Waals surface area contributed by atoms with Crippen LogP contribution in [0.4, 0.5) is 0 Å². The van der Waals surface area contributed by atoms with Crippen LogP contribution in [0.1, 0.15) is 59.5 Å². The molecule has 0 atom stereocenters. The van der Waals surface area contributed by atoms with E-state index in [0.29, 0.717) is 90.4 Å². The van der Waals surface area contributed by atoms with Crippen molar-refractivity contribution in [2.45, 2.75) is 52.1 Å². The first-order valence-electron chi connectivity index (χ1n) is 14.2. The second-order valence-corrected chi connectivity index (χ2v) is 10.7. The SMILES string of the molecule is CC(C)(O)C(=O)c1ccc(COCCOCCOCCOCCOCCOCc2ccc(C(=O)C(C)(C)O)cc2)cc1. The van der Waals surface area contributed by atoms with Gasteiger partial charge >= 0.3 is 0 Å². The van der Waals surface area contributed by atoms with E-state index in [1.165, 1.54) is 27.7 Å². The molecule has 0 heterocycles. The Balaban J connectivity index is 1.34. The molecule has 0 unspecified atom stereocenters. The first-order chi connectivity index (χ1) is 20.0. The number of rotatable bonds is 23. The van der Waals surface area contributed by atoms with Crippen LogP contribution >= 0.6 is 0 Å². The largest absolute Gasteiger partial charge is 0.382 e. The molecule has 0 radical (unpaired) electrons. The van der Waals surface area contributed by atoms with Gasteiger partial charge in [-0.1, -0.05) is 48.5 Å². The molecule has 0 saturated heterocycles. The third-order valence-corrected chi connectivity index (χ3v) is 5.94. The predicted molar refractivity (Wildman–Crippen MR) is 157 cm³/mol. The zero-order chi connectivity index (χ0) is 30.8. The van der Waals surface area contributed by atoms with Gasteiger partial charge in [-0.25, -0.2) is 0 Å². The fraction of sp³-hybridized carbons (Fsp3) is 0.562. The molecule has 0 fully saturated rings. The van der Waals surface area contributed by atoms with Gasteiger partial charge < -0.3 is 38.6 Å². The average molecular weight is 591 g/mol. The van der Waals surface area contributed by atoms with Gasteiger partial charge in [0.05, 0.1) is 79.3 Å². The van der Waals surface area contributed by atoms with Crippen LogP contribution in [0.3, 0.4) is 0 Å². The Morgan fingerprint density at radius 2 is 0.714 bits per heavy atom. The average Bonchev–Trinajstić information content (AvgIpc) is 2.95. The molecule has 0 aliphatic heterocycles. The normalized spacial score (nSPS) is 12.0. The Bertz CT molecular complexity index is 951. The van der Waals surface area contributed by atoms with Crippen molar-refractivity contribution in [3.63, 3.8) is 0 Å². The number of benzene rings is 2. The van der Waals surface area contributed by atoms with Gasteiger partial charge in [-0.3, -0.25) is 9.59 Å². The summed E-state index contributed by atoms with van der Waals surface area (Å²) in [5.41, 5.74) is 0.0344. The topological polar surface area (TPSA) is 130 Å². The fourth-order valence-electron chi connectivity index (χ4n) is 3.59. The molecule has 0 aliphatic carbocycles. The standard InChI is InChI=1S/C32H46O10/c1-31(2,35)29(33)27-9-5-25(6-10-27)23-41-21-19-39-17-15-37-13-14-38-16-18-40-20-22-42-24-26-7-11-28(12-8-26)30(34)32(3,4)36/h5-12,35-36H,13-24H2,1-4H3. The number of aliphatic hydroxyl groups is 2. The number of hydrogen-bond donors (Lipinski definition) is 2. The molecule has 10 heteroatoms. The zero-order valence-electron chi connectivity index (χ0n) is 25.3. The van der Waals surface area contributed by atoms with Crippen molar-refractivity contribution in [2.75, 3.05) is 66.1 Å². The van der Waals surface area contributed by atoms with Crippen LogP contribution in [-0.2, 0) is 41.6 Å². The van der Waals surface area contributed by atoms with E-state index in [9.17, 15) is 19.8 Å². The first kappa shape index (κ1) is 35.7. The Morgan fingerprint density at radius 3 is 0.952 bits per heavy atom. The van der Waals surface area contributed by atoms with Crippen LogP contribution in [0.5, 0.6) is 0 Å². The van der Waals surface area contributed by atoms with Crippen LogP contribution in [0.25, 0.3) is 0 Å². The van der Waals surface area contributed by atoms with Gasteiger partial charge in [0.15, 0.2) is 11.6 Å². The van der Waals surface area contributed by atoms with Gasteiger partial charge in [-0.2, -0.15) is 0 Å². The lowest BCUT2D eigenvalue weighted by Gasteiger charge is -2.15. The second kappa shape index (κ2) is 18.9. The van der Waals surface area contributed by atoms with Crippen molar-refractivity contribution in [3.8, 4) is 0 Å². The van der Waals surface area contributed by atoms with Crippen LogP contribution in [0, 0.1) is 0 Å². The summed E-state index contributed by atoms with van der Waals surface area (Å²) in [5, 5.41) is 19.6. The van der Waals surface area contributed by atoms with Gasteiger partial charge in [-0.05, 0) is 38.8 Å². The Kier molecular flexibility index (Phi) is 16.0. The lowest BCUT2D eigenvalue weighted by molar-refractivity contribution is -0.0185. The minimum atomic E-state index is -1.39. The van der Waals surface area contributed by atoms with E-state index in [2.05, 4.69) is 0 Å². The Hall–Kier alpha value is -2.54. The molecule has 42 heavy (non-hydrogen) atoms. The van der Waals surface area contributed by atoms with Crippen molar-refractivity contribution in [2.24, 2.45) is 0 Å². The van der Waals surface area contributed by atoms with Crippen molar-refractivity contribution in [3.05, 3.63) is 70.8 Å². The minimum Gasteiger partial charge on any atom is -0.382 e. The van der Waals surface area contributed by atoms with E-state index in [4.69, 9.17) is 28.4 Å². The summed E-state index contributed by atoms with van der Waals surface area (Å²) < 4.78 is 33.1. The van der Waals surface area contributed by atoms with E-state index in [-0.39, 0.29) is 11.6 Å². The van der Waals surface area contributed by atoms with E-state index in [1.807, 2.05) is 24.3 Å². The fourth-order valence-corrected chi connectivity index (χ4v) is 3.59. The summed E-state index contributed by atoms with van der Waals surface area (Å²) in [7, 11) is 0. The van der Waals surface area contributed by atoms with Gasteiger partial charge in [0.2, 0.25) is 0 Å². The Morgan fingerprint density at radius 1 is 0.476 bits per heavy atom. The molecule has 2 aromatic rings. The predicted octanol–water partition coefficient (Wildman–Crippen LogP) is 3.39. The number of carbonyl (C=O) groups excluding carboxylic acids is 2. The van der Waals surface area contributed by atoms with Crippen molar-refractivity contribution in [1.82, 2.24) is 0 Å². The first-order valence-corrected chi connectivity index (χ1v) is 14.2. The quantitative estimate of drug-likeness (QED) is 0.147. The number of ketones is 2. The Labute approximate surface area is 248 Å². The van der Waals surface area contributed by atoms with Crippen LogP contribution in [0.2, 0.25) is 0 Å². The van der Waals surface area contributed by atoms with Crippen molar-refractivity contribution in [1.29, 1.82) is 0 Å². The summed E-state index contributed by atoms with van der Waals surface area (Å²) in [6.45, 7) is 11.3. The van der Waals surface area contributed by atoms with E-state index in [0.717, 1.165) is 11.1 Å². The third-order valence-electron chi connectivity index (χ3n) is 5.94. The lowest BCUT2D eigenvalue weighted by Crippen LogP contribution is -2.31. The summed E-state index contributed by atoms with van der Waals surface area (Å²) in [6.07, 6.45) is 0. The molecule has 0 aromatic heterocycles. The lowest BCUT2D eigenvalue weighted by atomic mass is 9.96.